The van der Waals surface area contributed by atoms with Crippen molar-refractivity contribution in [3.63, 3.8) is 0 Å². The van der Waals surface area contributed by atoms with Crippen molar-refractivity contribution >= 4 is 5.69 Å². The molecule has 3 aromatic rings. The number of phenols is 1. The van der Waals surface area contributed by atoms with Crippen LogP contribution in [0.1, 0.15) is 54.9 Å². The summed E-state index contributed by atoms with van der Waals surface area (Å²) < 4.78 is 31.7. The molecule has 40 heavy (non-hydrogen) atoms. The van der Waals surface area contributed by atoms with Crippen LogP contribution in [0, 0.1) is 5.82 Å². The first-order valence-corrected chi connectivity index (χ1v) is 14.0. The molecular weight excluding hydrogens is 507 g/mol. The van der Waals surface area contributed by atoms with Crippen LogP contribution in [0.5, 0.6) is 23.0 Å². The molecule has 0 bridgehead atoms. The van der Waals surface area contributed by atoms with E-state index in [4.69, 9.17) is 14.2 Å². The summed E-state index contributed by atoms with van der Waals surface area (Å²) in [5.41, 5.74) is 5.47. The number of aromatic hydroxyl groups is 1. The molecule has 6 nitrogen and oxygen atoms in total. The summed E-state index contributed by atoms with van der Waals surface area (Å²) >= 11 is 0. The van der Waals surface area contributed by atoms with Gasteiger partial charge in [0.25, 0.3) is 0 Å². The van der Waals surface area contributed by atoms with E-state index in [9.17, 15) is 9.50 Å². The zero-order valence-electron chi connectivity index (χ0n) is 24.6. The number of likely N-dealkylation sites (N-methyl/N-ethyl adjacent to an activating group) is 1. The van der Waals surface area contributed by atoms with Crippen LogP contribution in [0.3, 0.4) is 0 Å². The van der Waals surface area contributed by atoms with Crippen molar-refractivity contribution in [2.45, 2.75) is 57.4 Å². The number of aryl methyl sites for hydroxylation is 2. The summed E-state index contributed by atoms with van der Waals surface area (Å²) in [6.45, 7) is 5.27. The minimum Gasteiger partial charge on any atom is -0.508 e. The Bertz CT molecular complexity index is 1310. The van der Waals surface area contributed by atoms with E-state index < -0.39 is 0 Å². The number of benzene rings is 3. The van der Waals surface area contributed by atoms with E-state index in [1.54, 1.807) is 32.4 Å². The Morgan fingerprint density at radius 1 is 0.975 bits per heavy atom. The Morgan fingerprint density at radius 2 is 1.73 bits per heavy atom. The zero-order chi connectivity index (χ0) is 28.9. The number of ether oxygens (including phenoxy) is 3. The van der Waals surface area contributed by atoms with Crippen molar-refractivity contribution in [3.8, 4) is 23.0 Å². The lowest BCUT2D eigenvalue weighted by Crippen LogP contribution is -2.43. The van der Waals surface area contributed by atoms with Crippen LogP contribution in [0.2, 0.25) is 0 Å². The molecule has 1 aliphatic rings. The van der Waals surface area contributed by atoms with Gasteiger partial charge in [0, 0.05) is 23.8 Å². The first-order valence-electron chi connectivity index (χ1n) is 14.0. The van der Waals surface area contributed by atoms with Gasteiger partial charge in [0.15, 0.2) is 23.1 Å². The molecule has 1 unspecified atom stereocenters. The van der Waals surface area contributed by atoms with Crippen molar-refractivity contribution in [2.24, 2.45) is 0 Å². The van der Waals surface area contributed by atoms with Gasteiger partial charge in [-0.3, -0.25) is 0 Å². The molecule has 0 aliphatic heterocycles. The van der Waals surface area contributed by atoms with Gasteiger partial charge in [-0.2, -0.15) is 0 Å². The van der Waals surface area contributed by atoms with Crippen LogP contribution in [0.15, 0.2) is 48.5 Å². The van der Waals surface area contributed by atoms with Crippen molar-refractivity contribution < 1.29 is 23.7 Å². The average molecular weight is 551 g/mol. The number of fused-ring (bicyclic) bond motifs is 1. The van der Waals surface area contributed by atoms with Gasteiger partial charge in [-0.1, -0.05) is 12.1 Å². The molecule has 0 fully saturated rings. The second-order valence-corrected chi connectivity index (χ2v) is 11.5. The smallest absolute Gasteiger partial charge is 0.165 e. The van der Waals surface area contributed by atoms with Gasteiger partial charge in [0.1, 0.15) is 12.4 Å². The summed E-state index contributed by atoms with van der Waals surface area (Å²) in [6, 6.07) is 15.0. The van der Waals surface area contributed by atoms with Gasteiger partial charge in [-0.25, -0.2) is 4.39 Å². The molecule has 0 heterocycles. The predicted octanol–water partition coefficient (Wildman–Crippen LogP) is 6.58. The molecule has 1 aliphatic carbocycles. The van der Waals surface area contributed by atoms with Crippen molar-refractivity contribution in [3.05, 3.63) is 76.6 Å². The summed E-state index contributed by atoms with van der Waals surface area (Å²) in [7, 11) is 7.28. The highest BCUT2D eigenvalue weighted by Crippen LogP contribution is 2.42. The maximum absolute atomic E-state index is 14.7. The first kappa shape index (κ1) is 29.5. The summed E-state index contributed by atoms with van der Waals surface area (Å²) in [5.74, 6) is 2.00. The van der Waals surface area contributed by atoms with Crippen LogP contribution >= 0.6 is 0 Å². The van der Waals surface area contributed by atoms with Crippen LogP contribution in [-0.4, -0.2) is 57.0 Å². The number of methoxy groups -OCH3 is 2. The minimum atomic E-state index is -0.326. The zero-order valence-corrected chi connectivity index (χ0v) is 24.6. The lowest BCUT2D eigenvalue weighted by atomic mass is 9.79. The standard InChI is InChI=1S/C33H43FN2O4/c1-33(2,36(3)4)21-40-30-14-9-22(16-28(30)34)8-7-15-35-29-20-32(39-6)31(38-5)19-27(29)25-11-10-24-18-26(37)13-12-23(24)17-25/h9,12-14,16,18-20,25,35,37H,7-8,10-11,15,17,21H2,1-6H3. The van der Waals surface area contributed by atoms with Crippen LogP contribution < -0.4 is 19.5 Å². The Morgan fingerprint density at radius 3 is 2.42 bits per heavy atom. The van der Waals surface area contributed by atoms with Crippen molar-refractivity contribution in [1.29, 1.82) is 0 Å². The highest BCUT2D eigenvalue weighted by Gasteiger charge is 2.25. The lowest BCUT2D eigenvalue weighted by Gasteiger charge is -2.32. The van der Waals surface area contributed by atoms with Crippen LogP contribution in [0.25, 0.3) is 0 Å². The van der Waals surface area contributed by atoms with Gasteiger partial charge in [-0.05, 0) is 119 Å². The Balaban J connectivity index is 1.41. The van der Waals surface area contributed by atoms with E-state index >= 15 is 0 Å². The summed E-state index contributed by atoms with van der Waals surface area (Å²) in [4.78, 5) is 2.06. The van der Waals surface area contributed by atoms with E-state index in [2.05, 4.69) is 30.1 Å². The Hall–Kier alpha value is -3.45. The van der Waals surface area contributed by atoms with E-state index in [1.165, 1.54) is 16.7 Å². The average Bonchev–Trinajstić information content (AvgIpc) is 2.94. The highest BCUT2D eigenvalue weighted by molar-refractivity contribution is 5.62. The molecule has 0 aromatic heterocycles. The maximum atomic E-state index is 14.7. The lowest BCUT2D eigenvalue weighted by molar-refractivity contribution is 0.111. The van der Waals surface area contributed by atoms with E-state index in [-0.39, 0.29) is 17.1 Å². The molecule has 0 saturated heterocycles. The maximum Gasteiger partial charge on any atom is 0.165 e. The molecule has 1 atom stereocenters. The fourth-order valence-electron chi connectivity index (χ4n) is 5.11. The number of hydrogen-bond donors (Lipinski definition) is 2. The number of anilines is 1. The second-order valence-electron chi connectivity index (χ2n) is 11.5. The summed E-state index contributed by atoms with van der Waals surface area (Å²) in [5, 5.41) is 13.5. The molecule has 216 valence electrons. The number of hydrogen-bond acceptors (Lipinski definition) is 6. The van der Waals surface area contributed by atoms with Crippen molar-refractivity contribution in [1.82, 2.24) is 4.90 Å². The number of nitrogens with zero attached hydrogens (tertiary/aromatic N) is 1. The quantitative estimate of drug-likeness (QED) is 0.248. The van der Waals surface area contributed by atoms with E-state index in [0.29, 0.717) is 29.8 Å². The van der Waals surface area contributed by atoms with E-state index in [0.717, 1.165) is 49.9 Å². The minimum absolute atomic E-state index is 0.191. The van der Waals surface area contributed by atoms with Gasteiger partial charge in [0.2, 0.25) is 0 Å². The number of nitrogens with one attached hydrogen (secondary N) is 1. The number of phenolic OH excluding ortho intramolecular Hbond substituents is 1. The van der Waals surface area contributed by atoms with Crippen LogP contribution in [0.4, 0.5) is 10.1 Å². The van der Waals surface area contributed by atoms with Gasteiger partial charge < -0.3 is 29.5 Å². The molecule has 0 saturated carbocycles. The third-order valence-corrected chi connectivity index (χ3v) is 8.16. The monoisotopic (exact) mass is 550 g/mol. The van der Waals surface area contributed by atoms with Gasteiger partial charge in [-0.15, -0.1) is 0 Å². The largest absolute Gasteiger partial charge is 0.508 e. The third kappa shape index (κ3) is 7.00. The molecular formula is C33H43FN2O4. The molecule has 0 amide bonds. The third-order valence-electron chi connectivity index (χ3n) is 8.16. The van der Waals surface area contributed by atoms with Gasteiger partial charge in [0.05, 0.1) is 14.2 Å². The molecule has 0 radical (unpaired) electrons. The summed E-state index contributed by atoms with van der Waals surface area (Å²) in [6.07, 6.45) is 4.39. The van der Waals surface area contributed by atoms with E-state index in [1.807, 2.05) is 38.4 Å². The SMILES string of the molecule is COc1cc(NCCCc2ccc(OCC(C)(C)N(C)C)c(F)c2)c(C2CCc3cc(O)ccc3C2)cc1OC. The van der Waals surface area contributed by atoms with Crippen LogP contribution in [-0.2, 0) is 19.3 Å². The van der Waals surface area contributed by atoms with Crippen molar-refractivity contribution in [2.75, 3.05) is 46.8 Å². The topological polar surface area (TPSA) is 63.2 Å². The fourth-order valence-corrected chi connectivity index (χ4v) is 5.11. The number of rotatable bonds is 12. The fraction of sp³-hybridized carbons (Fsp3) is 0.455. The molecule has 4 rings (SSSR count). The first-order chi connectivity index (χ1) is 19.1. The predicted molar refractivity (Wildman–Crippen MR) is 159 cm³/mol. The normalized spacial score (nSPS) is 15.1. The molecule has 0 spiro atoms. The molecule has 7 heteroatoms. The Kier molecular flexibility index (Phi) is 9.46. The number of halogens is 1. The van der Waals surface area contributed by atoms with Gasteiger partial charge >= 0.3 is 0 Å². The Labute approximate surface area is 238 Å². The second kappa shape index (κ2) is 12.8. The molecule has 2 N–H and O–H groups in total. The molecule has 3 aromatic carbocycles. The highest BCUT2D eigenvalue weighted by atomic mass is 19.1.